The van der Waals surface area contributed by atoms with Crippen LogP contribution in [-0.2, 0) is 21.4 Å². The maximum absolute atomic E-state index is 14.1. The SMILES string of the molecule is CNCC(=O)NC(C(=O)N1CCN(C(=O)c2c(C(=O)N(C)CCOC)c3ccc(OC)cc3n2C)CC1)C1CCCCC1. The molecule has 1 aromatic carbocycles. The first kappa shape index (κ1) is 32.3. The van der Waals surface area contributed by atoms with Crippen molar-refractivity contribution in [2.24, 2.45) is 13.0 Å². The van der Waals surface area contributed by atoms with Gasteiger partial charge in [-0.1, -0.05) is 19.3 Å². The van der Waals surface area contributed by atoms with Crippen molar-refractivity contribution in [1.29, 1.82) is 0 Å². The van der Waals surface area contributed by atoms with Crippen molar-refractivity contribution in [2.75, 3.05) is 74.2 Å². The molecular weight excluding hydrogens is 552 g/mol. The van der Waals surface area contributed by atoms with E-state index in [0.717, 1.165) is 32.1 Å². The Morgan fingerprint density at radius 1 is 1.02 bits per heavy atom. The fraction of sp³-hybridized carbons (Fsp3) is 0.613. The predicted molar refractivity (Wildman–Crippen MR) is 163 cm³/mol. The van der Waals surface area contributed by atoms with Gasteiger partial charge in [-0.2, -0.15) is 0 Å². The summed E-state index contributed by atoms with van der Waals surface area (Å²) in [4.78, 5) is 59.0. The third-order valence-electron chi connectivity index (χ3n) is 8.72. The number of ether oxygens (including phenoxy) is 2. The minimum absolute atomic E-state index is 0.0872. The maximum Gasteiger partial charge on any atom is 0.271 e. The molecule has 236 valence electrons. The van der Waals surface area contributed by atoms with Crippen LogP contribution in [0.3, 0.4) is 0 Å². The number of benzene rings is 1. The molecule has 0 radical (unpaired) electrons. The molecule has 1 saturated carbocycles. The number of aromatic nitrogens is 1. The fourth-order valence-corrected chi connectivity index (χ4v) is 6.24. The number of hydrogen-bond acceptors (Lipinski definition) is 7. The number of hydrogen-bond donors (Lipinski definition) is 2. The average Bonchev–Trinajstić information content (AvgIpc) is 3.33. The van der Waals surface area contributed by atoms with Gasteiger partial charge in [0.05, 0.1) is 31.3 Å². The fourth-order valence-electron chi connectivity index (χ4n) is 6.24. The number of carbonyl (C=O) groups excluding carboxylic acids is 4. The summed E-state index contributed by atoms with van der Waals surface area (Å²) in [6.07, 6.45) is 5.08. The van der Waals surface area contributed by atoms with E-state index in [9.17, 15) is 19.2 Å². The second-order valence-electron chi connectivity index (χ2n) is 11.5. The van der Waals surface area contributed by atoms with E-state index < -0.39 is 6.04 Å². The average molecular weight is 599 g/mol. The first-order valence-corrected chi connectivity index (χ1v) is 15.1. The smallest absolute Gasteiger partial charge is 0.271 e. The minimum atomic E-state index is -0.566. The normalized spacial score (nSPS) is 16.7. The van der Waals surface area contributed by atoms with Crippen LogP contribution < -0.4 is 15.4 Å². The lowest BCUT2D eigenvalue weighted by Crippen LogP contribution is -2.58. The Hall–Kier alpha value is -3.64. The third-order valence-corrected chi connectivity index (χ3v) is 8.72. The summed E-state index contributed by atoms with van der Waals surface area (Å²) >= 11 is 0. The van der Waals surface area contributed by atoms with Gasteiger partial charge in [-0.3, -0.25) is 19.2 Å². The molecule has 0 spiro atoms. The largest absolute Gasteiger partial charge is 0.497 e. The van der Waals surface area contributed by atoms with Crippen LogP contribution in [0, 0.1) is 5.92 Å². The quantitative estimate of drug-likeness (QED) is 0.401. The van der Waals surface area contributed by atoms with Gasteiger partial charge in [0, 0.05) is 65.4 Å². The molecule has 2 aliphatic rings. The van der Waals surface area contributed by atoms with Crippen LogP contribution in [0.15, 0.2) is 18.2 Å². The summed E-state index contributed by atoms with van der Waals surface area (Å²) in [5, 5.41) is 6.51. The molecule has 2 fully saturated rings. The molecule has 1 aliphatic heterocycles. The van der Waals surface area contributed by atoms with Gasteiger partial charge in [-0.25, -0.2) is 0 Å². The van der Waals surface area contributed by atoms with E-state index in [1.807, 2.05) is 12.1 Å². The number of rotatable bonds is 11. The zero-order valence-electron chi connectivity index (χ0n) is 26.1. The number of methoxy groups -OCH3 is 2. The summed E-state index contributed by atoms with van der Waals surface area (Å²) in [6, 6.07) is 4.85. The number of likely N-dealkylation sites (N-methyl/N-ethyl adjacent to an activating group) is 2. The second kappa shape index (κ2) is 14.7. The van der Waals surface area contributed by atoms with Gasteiger partial charge in [0.15, 0.2) is 0 Å². The molecule has 2 N–H and O–H groups in total. The Morgan fingerprint density at radius 3 is 2.33 bits per heavy atom. The van der Waals surface area contributed by atoms with Crippen LogP contribution in [0.4, 0.5) is 0 Å². The number of fused-ring (bicyclic) bond motifs is 1. The summed E-state index contributed by atoms with van der Waals surface area (Å²) in [6.45, 7) is 2.25. The van der Waals surface area contributed by atoms with Gasteiger partial charge in [0.25, 0.3) is 11.8 Å². The van der Waals surface area contributed by atoms with Crippen molar-refractivity contribution in [3.8, 4) is 5.75 Å². The third kappa shape index (κ3) is 7.13. The zero-order valence-corrected chi connectivity index (χ0v) is 26.1. The number of nitrogens with one attached hydrogen (secondary N) is 2. The molecule has 4 amide bonds. The van der Waals surface area contributed by atoms with Gasteiger partial charge < -0.3 is 39.4 Å². The van der Waals surface area contributed by atoms with Gasteiger partial charge in [-0.15, -0.1) is 0 Å². The van der Waals surface area contributed by atoms with Crippen LogP contribution in [0.25, 0.3) is 10.9 Å². The number of aryl methyl sites for hydroxylation is 1. The molecule has 1 aromatic heterocycles. The predicted octanol–water partition coefficient (Wildman–Crippen LogP) is 1.47. The Morgan fingerprint density at radius 2 is 1.70 bits per heavy atom. The molecular formula is C31H46N6O6. The van der Waals surface area contributed by atoms with Gasteiger partial charge in [0.1, 0.15) is 17.5 Å². The van der Waals surface area contributed by atoms with Crippen molar-refractivity contribution in [2.45, 2.75) is 38.1 Å². The second-order valence-corrected chi connectivity index (χ2v) is 11.5. The monoisotopic (exact) mass is 598 g/mol. The lowest BCUT2D eigenvalue weighted by molar-refractivity contribution is -0.139. The lowest BCUT2D eigenvalue weighted by Gasteiger charge is -2.39. The topological polar surface area (TPSA) is 125 Å². The Bertz CT molecular complexity index is 1310. The maximum atomic E-state index is 14.1. The molecule has 12 heteroatoms. The van der Waals surface area contributed by atoms with Gasteiger partial charge >= 0.3 is 0 Å². The number of piperazine rings is 1. The van der Waals surface area contributed by atoms with E-state index in [0.29, 0.717) is 67.2 Å². The van der Waals surface area contributed by atoms with E-state index in [2.05, 4.69) is 10.6 Å². The molecule has 12 nitrogen and oxygen atoms in total. The highest BCUT2D eigenvalue weighted by atomic mass is 16.5. The van der Waals surface area contributed by atoms with Crippen LogP contribution in [-0.4, -0.2) is 123 Å². The summed E-state index contributed by atoms with van der Waals surface area (Å²) in [7, 11) is 8.34. The van der Waals surface area contributed by atoms with E-state index in [-0.39, 0.29) is 36.1 Å². The molecule has 4 rings (SSSR count). The highest BCUT2D eigenvalue weighted by Crippen LogP contribution is 2.31. The first-order valence-electron chi connectivity index (χ1n) is 15.1. The van der Waals surface area contributed by atoms with Crippen LogP contribution in [0.2, 0.25) is 0 Å². The molecule has 0 bridgehead atoms. The summed E-state index contributed by atoms with van der Waals surface area (Å²) < 4.78 is 12.3. The van der Waals surface area contributed by atoms with Crippen LogP contribution >= 0.6 is 0 Å². The summed E-state index contributed by atoms with van der Waals surface area (Å²) in [5.41, 5.74) is 1.36. The Labute approximate surface area is 253 Å². The Kier molecular flexibility index (Phi) is 11.0. The van der Waals surface area contributed by atoms with Crippen LogP contribution in [0.5, 0.6) is 5.75 Å². The number of amides is 4. The van der Waals surface area contributed by atoms with Crippen molar-refractivity contribution < 1.29 is 28.7 Å². The zero-order chi connectivity index (χ0) is 31.1. The van der Waals surface area contributed by atoms with Gasteiger partial charge in [0.2, 0.25) is 11.8 Å². The number of carbonyl (C=O) groups is 4. The molecule has 1 unspecified atom stereocenters. The standard InChI is InChI=1S/C31H46N6O6/c1-32-20-25(38)33-27(21-9-7-6-8-10-21)30(40)36-13-15-37(16-14-36)31(41)28-26(29(39)34(2)17-18-42-4)23-12-11-22(43-5)19-24(23)35(28)3/h11-12,19,21,27,32H,6-10,13-18,20H2,1-5H3,(H,33,38). The van der Waals surface area contributed by atoms with E-state index >= 15 is 0 Å². The number of nitrogens with zero attached hydrogens (tertiary/aromatic N) is 4. The molecule has 1 atom stereocenters. The minimum Gasteiger partial charge on any atom is -0.497 e. The lowest BCUT2D eigenvalue weighted by atomic mass is 9.83. The first-order chi connectivity index (χ1) is 20.7. The highest BCUT2D eigenvalue weighted by Gasteiger charge is 2.37. The van der Waals surface area contributed by atoms with E-state index in [1.54, 1.807) is 60.7 Å². The molecule has 1 aliphatic carbocycles. The van der Waals surface area contributed by atoms with Crippen molar-refractivity contribution in [1.82, 2.24) is 29.9 Å². The Balaban J connectivity index is 1.55. The van der Waals surface area contributed by atoms with Gasteiger partial charge in [-0.05, 0) is 37.9 Å². The van der Waals surface area contributed by atoms with Crippen molar-refractivity contribution in [3.05, 3.63) is 29.5 Å². The van der Waals surface area contributed by atoms with Crippen molar-refractivity contribution in [3.63, 3.8) is 0 Å². The molecule has 1 saturated heterocycles. The molecule has 43 heavy (non-hydrogen) atoms. The van der Waals surface area contributed by atoms with Crippen molar-refractivity contribution >= 4 is 34.5 Å². The molecule has 2 heterocycles. The van der Waals surface area contributed by atoms with E-state index in [4.69, 9.17) is 9.47 Å². The summed E-state index contributed by atoms with van der Waals surface area (Å²) in [5.74, 6) is -0.0772. The molecule has 2 aromatic rings. The van der Waals surface area contributed by atoms with E-state index in [1.165, 1.54) is 0 Å². The highest BCUT2D eigenvalue weighted by molar-refractivity contribution is 6.16. The van der Waals surface area contributed by atoms with Crippen LogP contribution in [0.1, 0.15) is 53.0 Å².